The van der Waals surface area contributed by atoms with E-state index in [1.807, 2.05) is 0 Å². The summed E-state index contributed by atoms with van der Waals surface area (Å²) < 4.78 is 0. The normalized spacial score (nSPS) is 30.8. The van der Waals surface area contributed by atoms with Gasteiger partial charge in [-0.15, -0.1) is 0 Å². The van der Waals surface area contributed by atoms with Gasteiger partial charge in [-0.25, -0.2) is 5.06 Å². The molecule has 1 amide bonds. The van der Waals surface area contributed by atoms with Crippen molar-refractivity contribution < 1.29 is 19.5 Å². The highest BCUT2D eigenvalue weighted by Gasteiger charge is 2.43. The van der Waals surface area contributed by atoms with Gasteiger partial charge in [-0.2, -0.15) is 0 Å². The molecule has 2 rings (SSSR count). The van der Waals surface area contributed by atoms with Crippen molar-refractivity contribution in [2.24, 2.45) is 11.8 Å². The molecule has 2 aliphatic rings. The minimum Gasteiger partial charge on any atom is -0.481 e. The van der Waals surface area contributed by atoms with Gasteiger partial charge < -0.3 is 5.11 Å². The Hall–Kier alpha value is -1.10. The molecule has 84 valence electrons. The molecule has 1 aliphatic carbocycles. The summed E-state index contributed by atoms with van der Waals surface area (Å²) in [7, 11) is 0. The highest BCUT2D eigenvalue weighted by molar-refractivity contribution is 5.85. The van der Waals surface area contributed by atoms with Crippen molar-refractivity contribution in [3.63, 3.8) is 0 Å². The smallest absolute Gasteiger partial charge is 0.307 e. The van der Waals surface area contributed by atoms with E-state index < -0.39 is 11.9 Å². The van der Waals surface area contributed by atoms with Gasteiger partial charge in [0.15, 0.2) is 0 Å². The van der Waals surface area contributed by atoms with Crippen LogP contribution in [0, 0.1) is 11.8 Å². The molecule has 1 saturated heterocycles. The van der Waals surface area contributed by atoms with E-state index in [0.29, 0.717) is 26.0 Å². The lowest BCUT2D eigenvalue weighted by molar-refractivity contribution is -0.207. The third-order valence-electron chi connectivity index (χ3n) is 3.16. The molecular weight excluding hydrogens is 198 g/mol. The summed E-state index contributed by atoms with van der Waals surface area (Å²) in [6.07, 6.45) is 3.20. The predicted molar refractivity (Wildman–Crippen MR) is 50.7 cm³/mol. The monoisotopic (exact) mass is 213 g/mol. The van der Waals surface area contributed by atoms with Gasteiger partial charge in [0.05, 0.1) is 18.4 Å². The van der Waals surface area contributed by atoms with Gasteiger partial charge in [-0.05, 0) is 25.7 Å². The van der Waals surface area contributed by atoms with E-state index in [1.54, 1.807) is 0 Å². The Morgan fingerprint density at radius 3 is 2.40 bits per heavy atom. The highest BCUT2D eigenvalue weighted by Crippen LogP contribution is 2.36. The van der Waals surface area contributed by atoms with E-state index in [-0.39, 0.29) is 11.8 Å². The SMILES string of the molecule is O=C(O)C1CCC1C(=O)N1CCCCO1. The molecule has 15 heavy (non-hydrogen) atoms. The first kappa shape index (κ1) is 10.4. The molecule has 2 fully saturated rings. The molecule has 1 N–H and O–H groups in total. The lowest BCUT2D eigenvalue weighted by atomic mass is 9.73. The average Bonchev–Trinajstić information content (AvgIpc) is 2.16. The van der Waals surface area contributed by atoms with Crippen LogP contribution in [0.1, 0.15) is 25.7 Å². The quantitative estimate of drug-likeness (QED) is 0.731. The number of hydrogen-bond acceptors (Lipinski definition) is 3. The number of carbonyl (C=O) groups is 2. The molecule has 0 bridgehead atoms. The highest BCUT2D eigenvalue weighted by atomic mass is 16.7. The fraction of sp³-hybridized carbons (Fsp3) is 0.800. The minimum absolute atomic E-state index is 0.145. The molecule has 2 atom stereocenters. The number of aliphatic carboxylic acids is 1. The number of carbonyl (C=O) groups excluding carboxylic acids is 1. The summed E-state index contributed by atoms with van der Waals surface area (Å²) in [6.45, 7) is 1.16. The Labute approximate surface area is 88.0 Å². The van der Waals surface area contributed by atoms with Crippen LogP contribution in [0.3, 0.4) is 0 Å². The van der Waals surface area contributed by atoms with Gasteiger partial charge in [-0.1, -0.05) is 0 Å². The van der Waals surface area contributed by atoms with Crippen molar-refractivity contribution in [3.8, 4) is 0 Å². The van der Waals surface area contributed by atoms with Crippen molar-refractivity contribution in [1.29, 1.82) is 0 Å². The molecule has 1 heterocycles. The molecule has 1 aliphatic heterocycles. The molecule has 0 aromatic rings. The second kappa shape index (κ2) is 4.18. The lowest BCUT2D eigenvalue weighted by Gasteiger charge is -2.36. The van der Waals surface area contributed by atoms with E-state index >= 15 is 0 Å². The van der Waals surface area contributed by atoms with Crippen molar-refractivity contribution in [2.75, 3.05) is 13.2 Å². The maximum atomic E-state index is 11.8. The van der Waals surface area contributed by atoms with Crippen molar-refractivity contribution in [3.05, 3.63) is 0 Å². The molecule has 5 nitrogen and oxygen atoms in total. The summed E-state index contributed by atoms with van der Waals surface area (Å²) in [4.78, 5) is 27.8. The predicted octanol–water partition coefficient (Wildman–Crippen LogP) is 0.651. The van der Waals surface area contributed by atoms with Crippen molar-refractivity contribution in [2.45, 2.75) is 25.7 Å². The fourth-order valence-corrected chi connectivity index (χ4v) is 2.05. The standard InChI is InChI=1S/C10H15NO4/c12-9(11-5-1-2-6-15-11)7-3-4-8(7)10(13)14/h7-8H,1-6H2,(H,13,14). The van der Waals surface area contributed by atoms with Crippen LogP contribution in [-0.4, -0.2) is 35.2 Å². The molecular formula is C10H15NO4. The number of hydrogen-bond donors (Lipinski definition) is 1. The number of rotatable bonds is 2. The van der Waals surface area contributed by atoms with Gasteiger partial charge in [0.2, 0.25) is 5.91 Å². The van der Waals surface area contributed by atoms with Crippen LogP contribution in [-0.2, 0) is 14.4 Å². The first-order chi connectivity index (χ1) is 7.20. The second-order valence-corrected chi connectivity index (χ2v) is 4.11. The lowest BCUT2D eigenvalue weighted by Crippen LogP contribution is -2.47. The molecule has 0 aromatic carbocycles. The van der Waals surface area contributed by atoms with Crippen molar-refractivity contribution in [1.82, 2.24) is 5.06 Å². The summed E-state index contributed by atoms with van der Waals surface area (Å²) in [6, 6.07) is 0. The zero-order chi connectivity index (χ0) is 10.8. The van der Waals surface area contributed by atoms with Gasteiger partial charge in [0.25, 0.3) is 0 Å². The average molecular weight is 213 g/mol. The van der Waals surface area contributed by atoms with Crippen LogP contribution in [0.2, 0.25) is 0 Å². The van der Waals surface area contributed by atoms with Crippen LogP contribution in [0.4, 0.5) is 0 Å². The number of nitrogens with zero attached hydrogens (tertiary/aromatic N) is 1. The van der Waals surface area contributed by atoms with E-state index in [1.165, 1.54) is 5.06 Å². The van der Waals surface area contributed by atoms with E-state index in [4.69, 9.17) is 9.94 Å². The second-order valence-electron chi connectivity index (χ2n) is 4.11. The number of carboxylic acids is 1. The molecule has 1 saturated carbocycles. The molecule has 0 radical (unpaired) electrons. The van der Waals surface area contributed by atoms with Crippen LogP contribution in [0.25, 0.3) is 0 Å². The number of hydroxylamine groups is 2. The maximum Gasteiger partial charge on any atom is 0.307 e. The van der Waals surface area contributed by atoms with Crippen LogP contribution in [0.5, 0.6) is 0 Å². The zero-order valence-electron chi connectivity index (χ0n) is 8.52. The Bertz CT molecular complexity index is 273. The Balaban J connectivity index is 1.92. The van der Waals surface area contributed by atoms with E-state index in [0.717, 1.165) is 12.8 Å². The third-order valence-corrected chi connectivity index (χ3v) is 3.16. The minimum atomic E-state index is -0.864. The fourth-order valence-electron chi connectivity index (χ4n) is 2.05. The van der Waals surface area contributed by atoms with Gasteiger partial charge in [0.1, 0.15) is 0 Å². The zero-order valence-corrected chi connectivity index (χ0v) is 8.52. The van der Waals surface area contributed by atoms with E-state index in [9.17, 15) is 9.59 Å². The van der Waals surface area contributed by atoms with Crippen LogP contribution in [0.15, 0.2) is 0 Å². The molecule has 5 heteroatoms. The van der Waals surface area contributed by atoms with Gasteiger partial charge in [-0.3, -0.25) is 14.4 Å². The topological polar surface area (TPSA) is 66.8 Å². The first-order valence-corrected chi connectivity index (χ1v) is 5.37. The van der Waals surface area contributed by atoms with Gasteiger partial charge in [0, 0.05) is 6.54 Å². The van der Waals surface area contributed by atoms with E-state index in [2.05, 4.69) is 0 Å². The molecule has 2 unspecified atom stereocenters. The first-order valence-electron chi connectivity index (χ1n) is 5.37. The number of carboxylic acid groups (broad SMARTS) is 1. The Morgan fingerprint density at radius 2 is 1.93 bits per heavy atom. The molecule has 0 spiro atoms. The summed E-state index contributed by atoms with van der Waals surface area (Å²) >= 11 is 0. The van der Waals surface area contributed by atoms with Crippen LogP contribution >= 0.6 is 0 Å². The number of amides is 1. The van der Waals surface area contributed by atoms with Crippen LogP contribution < -0.4 is 0 Å². The largest absolute Gasteiger partial charge is 0.481 e. The van der Waals surface area contributed by atoms with Crippen molar-refractivity contribution >= 4 is 11.9 Å². The molecule has 0 aromatic heterocycles. The summed E-state index contributed by atoms with van der Waals surface area (Å²) in [5.74, 6) is -1.87. The Kier molecular flexibility index (Phi) is 2.90. The summed E-state index contributed by atoms with van der Waals surface area (Å²) in [5.41, 5.74) is 0. The maximum absolute atomic E-state index is 11.8. The van der Waals surface area contributed by atoms with Gasteiger partial charge >= 0.3 is 5.97 Å². The third kappa shape index (κ3) is 1.97. The Morgan fingerprint density at radius 1 is 1.20 bits per heavy atom. The summed E-state index contributed by atoms with van der Waals surface area (Å²) in [5, 5.41) is 10.2.